The van der Waals surface area contributed by atoms with E-state index >= 15 is 0 Å². The van der Waals surface area contributed by atoms with Gasteiger partial charge in [0.25, 0.3) is 0 Å². The number of nitrogens with one attached hydrogen (secondary N) is 1. The van der Waals surface area contributed by atoms with Gasteiger partial charge < -0.3 is 14.8 Å². The number of aromatic nitrogens is 2. The summed E-state index contributed by atoms with van der Waals surface area (Å²) in [4.78, 5) is 11.4. The molecular weight excluding hydrogens is 316 g/mol. The van der Waals surface area contributed by atoms with Crippen LogP contribution in [0.25, 0.3) is 0 Å². The minimum atomic E-state index is 0.235. The second-order valence-electron chi connectivity index (χ2n) is 6.29. The van der Waals surface area contributed by atoms with Gasteiger partial charge in [0.2, 0.25) is 5.95 Å². The first-order valence-corrected chi connectivity index (χ1v) is 8.67. The number of anilines is 1. The van der Waals surface area contributed by atoms with Crippen molar-refractivity contribution in [2.75, 3.05) is 45.3 Å². The Balaban J connectivity index is 1.77. The topological polar surface area (TPSA) is 59.5 Å². The molecule has 2 aromatic rings. The van der Waals surface area contributed by atoms with Gasteiger partial charge in [-0.2, -0.15) is 0 Å². The van der Waals surface area contributed by atoms with Gasteiger partial charge in [-0.3, -0.25) is 4.90 Å². The Bertz CT molecular complexity index is 664. The monoisotopic (exact) mass is 342 g/mol. The number of ether oxygens (including phenoxy) is 2. The predicted octanol–water partition coefficient (Wildman–Crippen LogP) is 2.59. The van der Waals surface area contributed by atoms with Crippen LogP contribution in [-0.4, -0.2) is 54.8 Å². The fraction of sp³-hybridized carbons (Fsp3) is 0.474. The second-order valence-corrected chi connectivity index (χ2v) is 6.29. The molecule has 6 nitrogen and oxygen atoms in total. The van der Waals surface area contributed by atoms with E-state index in [-0.39, 0.29) is 6.04 Å². The number of aryl methyl sites for hydroxylation is 2. The van der Waals surface area contributed by atoms with Gasteiger partial charge >= 0.3 is 0 Å². The van der Waals surface area contributed by atoms with Crippen LogP contribution >= 0.6 is 0 Å². The third kappa shape index (κ3) is 4.67. The van der Waals surface area contributed by atoms with Gasteiger partial charge in [0.15, 0.2) is 0 Å². The number of hydrogen-bond acceptors (Lipinski definition) is 6. The summed E-state index contributed by atoms with van der Waals surface area (Å²) in [7, 11) is 1.69. The summed E-state index contributed by atoms with van der Waals surface area (Å²) >= 11 is 0. The molecular formula is C19H26N4O2. The molecule has 0 aliphatic carbocycles. The molecule has 0 spiro atoms. The van der Waals surface area contributed by atoms with E-state index in [1.807, 2.05) is 32.0 Å². The van der Waals surface area contributed by atoms with Crippen LogP contribution < -0.4 is 10.1 Å². The van der Waals surface area contributed by atoms with Crippen molar-refractivity contribution in [2.45, 2.75) is 19.9 Å². The molecule has 134 valence electrons. The van der Waals surface area contributed by atoms with Crippen molar-refractivity contribution in [1.82, 2.24) is 14.9 Å². The van der Waals surface area contributed by atoms with Crippen LogP contribution in [0.4, 0.5) is 5.95 Å². The lowest BCUT2D eigenvalue weighted by Gasteiger charge is -2.35. The zero-order chi connectivity index (χ0) is 17.6. The van der Waals surface area contributed by atoms with Gasteiger partial charge in [-0.15, -0.1) is 0 Å². The first kappa shape index (κ1) is 17.6. The molecule has 1 aromatic carbocycles. The van der Waals surface area contributed by atoms with Gasteiger partial charge in [-0.25, -0.2) is 9.97 Å². The van der Waals surface area contributed by atoms with Gasteiger partial charge in [-0.05, 0) is 37.6 Å². The van der Waals surface area contributed by atoms with E-state index in [9.17, 15) is 0 Å². The number of methoxy groups -OCH3 is 1. The zero-order valence-electron chi connectivity index (χ0n) is 15.2. The Morgan fingerprint density at radius 3 is 2.36 bits per heavy atom. The van der Waals surface area contributed by atoms with Crippen LogP contribution in [0.2, 0.25) is 0 Å². The molecule has 0 bridgehead atoms. The smallest absolute Gasteiger partial charge is 0.223 e. The molecule has 0 unspecified atom stereocenters. The largest absolute Gasteiger partial charge is 0.497 e. The van der Waals surface area contributed by atoms with E-state index in [0.29, 0.717) is 5.95 Å². The number of benzene rings is 1. The van der Waals surface area contributed by atoms with Crippen LogP contribution in [0.3, 0.4) is 0 Å². The molecule has 6 heteroatoms. The summed E-state index contributed by atoms with van der Waals surface area (Å²) in [6.45, 7) is 8.11. The van der Waals surface area contributed by atoms with E-state index in [4.69, 9.17) is 9.47 Å². The van der Waals surface area contributed by atoms with Crippen molar-refractivity contribution in [2.24, 2.45) is 0 Å². The summed E-state index contributed by atoms with van der Waals surface area (Å²) < 4.78 is 10.8. The molecule has 1 atom stereocenters. The Morgan fingerprint density at radius 2 is 1.76 bits per heavy atom. The van der Waals surface area contributed by atoms with E-state index in [1.54, 1.807) is 7.11 Å². The van der Waals surface area contributed by atoms with Crippen molar-refractivity contribution in [3.05, 3.63) is 47.3 Å². The number of rotatable bonds is 6. The lowest BCUT2D eigenvalue weighted by molar-refractivity contribution is 0.0187. The van der Waals surface area contributed by atoms with Crippen molar-refractivity contribution in [1.29, 1.82) is 0 Å². The molecule has 1 saturated heterocycles. The van der Waals surface area contributed by atoms with Crippen molar-refractivity contribution >= 4 is 5.95 Å². The normalized spacial score (nSPS) is 16.4. The first-order valence-electron chi connectivity index (χ1n) is 8.67. The summed E-state index contributed by atoms with van der Waals surface area (Å²) in [6.07, 6.45) is 0. The highest BCUT2D eigenvalue weighted by molar-refractivity contribution is 5.32. The van der Waals surface area contributed by atoms with E-state index in [2.05, 4.69) is 32.3 Å². The standard InChI is InChI=1S/C19H26N4O2/c1-14-12-15(2)22-19(21-14)20-13-18(23-8-10-25-11-9-23)16-4-6-17(24-3)7-5-16/h4-7,12,18H,8-11,13H2,1-3H3,(H,20,21,22)/t18-/m0/s1. The van der Waals surface area contributed by atoms with Gasteiger partial charge in [0.1, 0.15) is 5.75 Å². The lowest BCUT2D eigenvalue weighted by atomic mass is 10.0. The molecule has 1 aromatic heterocycles. The summed E-state index contributed by atoms with van der Waals surface area (Å²) in [5.74, 6) is 1.55. The fourth-order valence-corrected chi connectivity index (χ4v) is 3.17. The lowest BCUT2D eigenvalue weighted by Crippen LogP contribution is -2.41. The molecule has 1 aliphatic heterocycles. The summed E-state index contributed by atoms with van der Waals surface area (Å²) in [6, 6.07) is 10.5. The van der Waals surface area contributed by atoms with Crippen LogP contribution in [0, 0.1) is 13.8 Å². The third-order valence-corrected chi connectivity index (χ3v) is 4.42. The molecule has 2 heterocycles. The summed E-state index contributed by atoms with van der Waals surface area (Å²) in [5.41, 5.74) is 3.20. The van der Waals surface area contributed by atoms with Crippen molar-refractivity contribution in [3.8, 4) is 5.75 Å². The van der Waals surface area contributed by atoms with E-state index < -0.39 is 0 Å². The first-order chi connectivity index (χ1) is 12.2. The maximum absolute atomic E-state index is 5.51. The highest BCUT2D eigenvalue weighted by Gasteiger charge is 2.23. The Hall–Kier alpha value is -2.18. The molecule has 0 radical (unpaired) electrons. The van der Waals surface area contributed by atoms with Crippen molar-refractivity contribution < 1.29 is 9.47 Å². The highest BCUT2D eigenvalue weighted by Crippen LogP contribution is 2.24. The molecule has 1 N–H and O–H groups in total. The van der Waals surface area contributed by atoms with Crippen LogP contribution in [0.1, 0.15) is 23.0 Å². The third-order valence-electron chi connectivity index (χ3n) is 4.42. The van der Waals surface area contributed by atoms with Crippen LogP contribution in [0.5, 0.6) is 5.75 Å². The van der Waals surface area contributed by atoms with Crippen molar-refractivity contribution in [3.63, 3.8) is 0 Å². The van der Waals surface area contributed by atoms with E-state index in [1.165, 1.54) is 5.56 Å². The quantitative estimate of drug-likeness (QED) is 0.871. The highest BCUT2D eigenvalue weighted by atomic mass is 16.5. The average Bonchev–Trinajstić information content (AvgIpc) is 2.62. The molecule has 0 amide bonds. The molecule has 1 fully saturated rings. The predicted molar refractivity (Wildman–Crippen MR) is 98.1 cm³/mol. The Labute approximate surface area is 149 Å². The molecule has 1 aliphatic rings. The number of hydrogen-bond donors (Lipinski definition) is 1. The maximum atomic E-state index is 5.51. The minimum absolute atomic E-state index is 0.235. The fourth-order valence-electron chi connectivity index (χ4n) is 3.17. The average molecular weight is 342 g/mol. The SMILES string of the molecule is COc1ccc([C@H](CNc2nc(C)cc(C)n2)N2CCOCC2)cc1. The van der Waals surface area contributed by atoms with Gasteiger partial charge in [0.05, 0.1) is 26.4 Å². The minimum Gasteiger partial charge on any atom is -0.497 e. The molecule has 0 saturated carbocycles. The molecule has 25 heavy (non-hydrogen) atoms. The molecule has 3 rings (SSSR count). The van der Waals surface area contributed by atoms with Crippen LogP contribution in [-0.2, 0) is 4.74 Å². The zero-order valence-corrected chi connectivity index (χ0v) is 15.2. The van der Waals surface area contributed by atoms with Gasteiger partial charge in [0, 0.05) is 31.0 Å². The Kier molecular flexibility index (Phi) is 5.83. The maximum Gasteiger partial charge on any atom is 0.223 e. The number of nitrogens with zero attached hydrogens (tertiary/aromatic N) is 3. The second kappa shape index (κ2) is 8.27. The Morgan fingerprint density at radius 1 is 1.12 bits per heavy atom. The van der Waals surface area contributed by atoms with Gasteiger partial charge in [-0.1, -0.05) is 12.1 Å². The van der Waals surface area contributed by atoms with E-state index in [0.717, 1.165) is 50.0 Å². The van der Waals surface area contributed by atoms with Crippen LogP contribution in [0.15, 0.2) is 30.3 Å². The summed E-state index contributed by atoms with van der Waals surface area (Å²) in [5, 5.41) is 3.41. The number of morpholine rings is 1.